The maximum Gasteiger partial charge on any atom is 0.314 e. The summed E-state index contributed by atoms with van der Waals surface area (Å²) >= 11 is 0. The van der Waals surface area contributed by atoms with E-state index in [0.717, 1.165) is 32.1 Å². The summed E-state index contributed by atoms with van der Waals surface area (Å²) in [5.74, 6) is -1.42. The lowest BCUT2D eigenvalue weighted by molar-refractivity contribution is -0.181. The first-order valence-electron chi connectivity index (χ1n) is 10.5. The predicted molar refractivity (Wildman–Crippen MR) is 95.0 cm³/mol. The second kappa shape index (κ2) is 5.70. The van der Waals surface area contributed by atoms with Crippen molar-refractivity contribution in [3.8, 4) is 0 Å². The Morgan fingerprint density at radius 1 is 1.35 bits per heavy atom. The van der Waals surface area contributed by atoms with E-state index in [1.807, 2.05) is 6.92 Å². The summed E-state index contributed by atoms with van der Waals surface area (Å²) in [6.07, 6.45) is 2.88. The minimum atomic E-state index is -1.89. The fourth-order valence-corrected chi connectivity index (χ4v) is 7.33. The van der Waals surface area contributed by atoms with Gasteiger partial charge in [0.05, 0.1) is 32.5 Å². The second-order valence-electron chi connectivity index (χ2n) is 9.85. The maximum atomic E-state index is 13.2. The highest BCUT2D eigenvalue weighted by Crippen LogP contribution is 2.68. The average Bonchev–Trinajstić information content (AvgIpc) is 3.04. The van der Waals surface area contributed by atoms with Gasteiger partial charge in [-0.25, -0.2) is 0 Å². The quantitative estimate of drug-likeness (QED) is 0.762. The summed E-state index contributed by atoms with van der Waals surface area (Å²) in [4.78, 5) is 26.0. The first-order valence-corrected chi connectivity index (χ1v) is 10.0. The van der Waals surface area contributed by atoms with Gasteiger partial charge in [0.25, 0.3) is 0 Å². The zero-order valence-electron chi connectivity index (χ0n) is 17.3. The fraction of sp³-hybridized carbons (Fsp3) is 0.905. The van der Waals surface area contributed by atoms with Gasteiger partial charge in [-0.3, -0.25) is 9.59 Å². The fourth-order valence-electron chi connectivity index (χ4n) is 7.33. The minimum Gasteiger partial charge on any atom is -0.469 e. The van der Waals surface area contributed by atoms with Crippen LogP contribution in [0.5, 0.6) is 0 Å². The highest BCUT2D eigenvalue weighted by molar-refractivity contribution is 5.81. The monoisotopic (exact) mass is 365 g/mol. The molecular weight excluding hydrogens is 332 g/mol. The van der Waals surface area contributed by atoms with E-state index in [1.54, 1.807) is 0 Å². The molecule has 1 N–H and O–H groups in total. The molecule has 1 saturated heterocycles. The molecule has 4 aliphatic rings. The molecule has 0 aromatic heterocycles. The first-order chi connectivity index (χ1) is 12.5. The SMILES string of the molecule is [2H][C@]1(O)[C@H](C)[C@@H]2CC[C@H]([C@]34CCCC(C)(C)[C@H]3C(=O)OC4)[C@@]1(C(=O)OC)C2. The standard InChI is InChI=1S/C21H32O5/c1-12-13-6-7-14(21(10-13,16(12)22)18(24)25-4)20-9-5-8-19(2,3)15(20)17(23)26-11-20/h12-16,22H,5-11H2,1-4H3/t12-,13-,14-,15-,16+,20-,21+/m1/s1/i16D. The Hall–Kier alpha value is -1.10. The molecule has 0 unspecified atom stereocenters. The van der Waals surface area contributed by atoms with Crippen molar-refractivity contribution in [1.29, 1.82) is 0 Å². The smallest absolute Gasteiger partial charge is 0.314 e. The van der Waals surface area contributed by atoms with Crippen LogP contribution in [-0.4, -0.2) is 36.8 Å². The van der Waals surface area contributed by atoms with Crippen LogP contribution < -0.4 is 0 Å². The van der Waals surface area contributed by atoms with Gasteiger partial charge in [0, 0.05) is 5.41 Å². The van der Waals surface area contributed by atoms with Gasteiger partial charge >= 0.3 is 11.9 Å². The van der Waals surface area contributed by atoms with Crippen molar-refractivity contribution in [2.45, 2.75) is 65.4 Å². The summed E-state index contributed by atoms with van der Waals surface area (Å²) in [6, 6.07) is 0. The molecule has 2 bridgehead atoms. The zero-order valence-corrected chi connectivity index (χ0v) is 16.3. The minimum absolute atomic E-state index is 0.132. The van der Waals surface area contributed by atoms with Gasteiger partial charge < -0.3 is 14.6 Å². The van der Waals surface area contributed by atoms with Crippen LogP contribution in [0.2, 0.25) is 0 Å². The molecule has 4 rings (SSSR count). The molecular formula is C21H32O5. The highest BCUT2D eigenvalue weighted by atomic mass is 16.5. The molecule has 7 atom stereocenters. The molecule has 3 aliphatic carbocycles. The van der Waals surface area contributed by atoms with Crippen molar-refractivity contribution in [1.82, 2.24) is 0 Å². The third-order valence-corrected chi connectivity index (χ3v) is 8.38. The summed E-state index contributed by atoms with van der Waals surface area (Å²) < 4.78 is 19.7. The Kier molecular flexibility index (Phi) is 3.73. The molecule has 0 amide bonds. The normalized spacial score (nSPS) is 52.8. The first kappa shape index (κ1) is 17.0. The number of carbonyl (C=O) groups excluding carboxylic acids is 2. The predicted octanol–water partition coefficient (Wildman–Crippen LogP) is 2.94. The molecule has 5 nitrogen and oxygen atoms in total. The van der Waals surface area contributed by atoms with Gasteiger partial charge in [0.1, 0.15) is 0 Å². The van der Waals surface area contributed by atoms with E-state index in [-0.39, 0.29) is 35.1 Å². The van der Waals surface area contributed by atoms with E-state index < -0.39 is 22.9 Å². The number of methoxy groups -OCH3 is 1. The second-order valence-corrected chi connectivity index (χ2v) is 9.85. The number of cyclic esters (lactones) is 1. The van der Waals surface area contributed by atoms with Crippen LogP contribution in [0, 0.1) is 39.9 Å². The number of rotatable bonds is 2. The van der Waals surface area contributed by atoms with Gasteiger partial charge in [-0.05, 0) is 55.3 Å². The molecule has 4 fully saturated rings. The summed E-state index contributed by atoms with van der Waals surface area (Å²) in [5, 5.41) is 11.3. The molecule has 1 heterocycles. The van der Waals surface area contributed by atoms with Gasteiger partial charge in [-0.2, -0.15) is 0 Å². The van der Waals surface area contributed by atoms with E-state index in [4.69, 9.17) is 10.8 Å². The number of carbonyl (C=O) groups is 2. The van der Waals surface area contributed by atoms with Gasteiger partial charge in [-0.1, -0.05) is 27.2 Å². The van der Waals surface area contributed by atoms with E-state index in [2.05, 4.69) is 13.8 Å². The van der Waals surface area contributed by atoms with Crippen LogP contribution in [0.25, 0.3) is 0 Å². The van der Waals surface area contributed by atoms with Crippen molar-refractivity contribution in [3.63, 3.8) is 0 Å². The number of esters is 2. The van der Waals surface area contributed by atoms with E-state index in [9.17, 15) is 14.7 Å². The molecule has 5 heteroatoms. The number of hydrogen-bond acceptors (Lipinski definition) is 5. The lowest BCUT2D eigenvalue weighted by Crippen LogP contribution is -2.58. The van der Waals surface area contributed by atoms with Crippen LogP contribution in [0.3, 0.4) is 0 Å². The Balaban J connectivity index is 1.89. The van der Waals surface area contributed by atoms with E-state index >= 15 is 0 Å². The number of hydrogen-bond donors (Lipinski definition) is 1. The van der Waals surface area contributed by atoms with E-state index in [0.29, 0.717) is 13.0 Å². The lowest BCUT2D eigenvalue weighted by atomic mass is 9.46. The summed E-state index contributed by atoms with van der Waals surface area (Å²) in [6.45, 7) is 6.39. The van der Waals surface area contributed by atoms with Crippen molar-refractivity contribution in [3.05, 3.63) is 0 Å². The molecule has 0 radical (unpaired) electrons. The van der Waals surface area contributed by atoms with Crippen molar-refractivity contribution < 1.29 is 25.5 Å². The Bertz CT molecular complexity index is 673. The zero-order chi connectivity index (χ0) is 19.8. The highest BCUT2D eigenvalue weighted by Gasteiger charge is 2.72. The van der Waals surface area contributed by atoms with Crippen LogP contribution >= 0.6 is 0 Å². The Morgan fingerprint density at radius 2 is 2.08 bits per heavy atom. The van der Waals surface area contributed by atoms with Gasteiger partial charge in [0.2, 0.25) is 0 Å². The molecule has 146 valence electrons. The van der Waals surface area contributed by atoms with E-state index in [1.165, 1.54) is 7.11 Å². The summed E-state index contributed by atoms with van der Waals surface area (Å²) in [7, 11) is 1.34. The largest absolute Gasteiger partial charge is 0.469 e. The number of fused-ring (bicyclic) bond motifs is 3. The third-order valence-electron chi connectivity index (χ3n) is 8.38. The van der Waals surface area contributed by atoms with Gasteiger partial charge in [-0.15, -0.1) is 0 Å². The molecule has 0 aromatic carbocycles. The van der Waals surface area contributed by atoms with Crippen LogP contribution in [0.4, 0.5) is 0 Å². The average molecular weight is 365 g/mol. The molecule has 0 aromatic rings. The maximum absolute atomic E-state index is 13.2. The molecule has 3 saturated carbocycles. The van der Waals surface area contributed by atoms with Crippen molar-refractivity contribution in [2.24, 2.45) is 39.9 Å². The van der Waals surface area contributed by atoms with Gasteiger partial charge in [0.15, 0.2) is 0 Å². The third kappa shape index (κ3) is 2.07. The molecule has 1 aliphatic heterocycles. The topological polar surface area (TPSA) is 72.8 Å². The number of ether oxygens (including phenoxy) is 2. The van der Waals surface area contributed by atoms with Crippen molar-refractivity contribution >= 4 is 11.9 Å². The number of aliphatic hydroxyl groups is 1. The summed E-state index contributed by atoms with van der Waals surface area (Å²) in [5.41, 5.74) is -2.01. The van der Waals surface area contributed by atoms with Crippen LogP contribution in [-0.2, 0) is 19.1 Å². The molecule has 0 spiro atoms. The Labute approximate surface area is 157 Å². The Morgan fingerprint density at radius 3 is 2.77 bits per heavy atom. The molecule has 26 heavy (non-hydrogen) atoms. The van der Waals surface area contributed by atoms with Crippen molar-refractivity contribution in [2.75, 3.05) is 13.7 Å². The lowest BCUT2D eigenvalue weighted by Gasteiger charge is -2.55. The van der Waals surface area contributed by atoms with Crippen LogP contribution in [0.15, 0.2) is 0 Å². The van der Waals surface area contributed by atoms with Crippen LogP contribution in [0.1, 0.15) is 60.7 Å².